The second kappa shape index (κ2) is 7.97. The van der Waals surface area contributed by atoms with Crippen LogP contribution >= 0.6 is 0 Å². The van der Waals surface area contributed by atoms with E-state index < -0.39 is 0 Å². The molecule has 21 heavy (non-hydrogen) atoms. The first-order valence-corrected chi connectivity index (χ1v) is 9.42. The Morgan fingerprint density at radius 2 is 1.71 bits per heavy atom. The van der Waals surface area contributed by atoms with Gasteiger partial charge in [0.2, 0.25) is 0 Å². The third-order valence-electron chi connectivity index (χ3n) is 6.56. The molecule has 2 fully saturated rings. The molecule has 0 aliphatic heterocycles. The molecule has 0 spiro atoms. The van der Waals surface area contributed by atoms with Crippen molar-refractivity contribution in [3.05, 3.63) is 0 Å². The first-order valence-electron chi connectivity index (χ1n) is 9.42. The summed E-state index contributed by atoms with van der Waals surface area (Å²) < 4.78 is 0. The van der Waals surface area contributed by atoms with Gasteiger partial charge in [0.25, 0.3) is 0 Å². The van der Waals surface area contributed by atoms with Gasteiger partial charge in [0.05, 0.1) is 0 Å². The van der Waals surface area contributed by atoms with E-state index in [4.69, 9.17) is 0 Å². The summed E-state index contributed by atoms with van der Waals surface area (Å²) in [6, 6.07) is 1.56. The topological polar surface area (TPSA) is 15.3 Å². The molecule has 2 rings (SSSR count). The molecule has 0 aromatic rings. The van der Waals surface area contributed by atoms with E-state index in [1.807, 2.05) is 0 Å². The molecule has 2 nitrogen and oxygen atoms in total. The molecule has 0 heterocycles. The van der Waals surface area contributed by atoms with Crippen LogP contribution < -0.4 is 5.32 Å². The molecule has 2 heteroatoms. The summed E-state index contributed by atoms with van der Waals surface area (Å²) in [7, 11) is 4.54. The van der Waals surface area contributed by atoms with Crippen LogP contribution in [0.3, 0.4) is 0 Å². The molecule has 124 valence electrons. The van der Waals surface area contributed by atoms with Gasteiger partial charge in [0.15, 0.2) is 0 Å². The van der Waals surface area contributed by atoms with E-state index in [1.165, 1.54) is 51.5 Å². The molecule has 0 aromatic carbocycles. The van der Waals surface area contributed by atoms with Crippen LogP contribution in [-0.2, 0) is 0 Å². The maximum absolute atomic E-state index is 3.61. The Hall–Kier alpha value is -0.0800. The van der Waals surface area contributed by atoms with Gasteiger partial charge in [-0.3, -0.25) is 0 Å². The van der Waals surface area contributed by atoms with Crippen LogP contribution in [0.5, 0.6) is 0 Å². The lowest BCUT2D eigenvalue weighted by molar-refractivity contribution is 0.0802. The molecular formula is C19H38N2. The van der Waals surface area contributed by atoms with E-state index in [2.05, 4.69) is 45.1 Å². The fourth-order valence-corrected chi connectivity index (χ4v) is 5.03. The third-order valence-corrected chi connectivity index (χ3v) is 6.56. The van der Waals surface area contributed by atoms with Crippen LogP contribution in [0.15, 0.2) is 0 Å². The van der Waals surface area contributed by atoms with Crippen molar-refractivity contribution in [2.75, 3.05) is 20.6 Å². The van der Waals surface area contributed by atoms with Gasteiger partial charge in [-0.25, -0.2) is 0 Å². The molecule has 0 radical (unpaired) electrons. The first-order chi connectivity index (χ1) is 10.0. The van der Waals surface area contributed by atoms with Crippen LogP contribution in [-0.4, -0.2) is 37.6 Å². The molecule has 2 aliphatic rings. The summed E-state index contributed by atoms with van der Waals surface area (Å²) in [5.41, 5.74) is 0. The second-order valence-corrected chi connectivity index (χ2v) is 8.14. The lowest BCUT2D eigenvalue weighted by atomic mass is 9.72. The predicted molar refractivity (Wildman–Crippen MR) is 92.6 cm³/mol. The molecule has 0 aromatic heterocycles. The van der Waals surface area contributed by atoms with Gasteiger partial charge in [-0.1, -0.05) is 27.2 Å². The van der Waals surface area contributed by atoms with Crippen molar-refractivity contribution in [3.63, 3.8) is 0 Å². The monoisotopic (exact) mass is 294 g/mol. The third kappa shape index (κ3) is 4.45. The summed E-state index contributed by atoms with van der Waals surface area (Å²) in [6.45, 7) is 8.55. The predicted octanol–water partition coefficient (Wildman–Crippen LogP) is 4.16. The lowest BCUT2D eigenvalue weighted by Gasteiger charge is -2.43. The van der Waals surface area contributed by atoms with Crippen LogP contribution in [0.1, 0.15) is 65.7 Å². The van der Waals surface area contributed by atoms with E-state index in [1.54, 1.807) is 0 Å². The molecule has 0 saturated heterocycles. The van der Waals surface area contributed by atoms with Gasteiger partial charge < -0.3 is 10.2 Å². The van der Waals surface area contributed by atoms with Crippen molar-refractivity contribution >= 4 is 0 Å². The van der Waals surface area contributed by atoms with Crippen molar-refractivity contribution in [3.8, 4) is 0 Å². The van der Waals surface area contributed by atoms with Gasteiger partial charge in [0.1, 0.15) is 0 Å². The van der Waals surface area contributed by atoms with Crippen LogP contribution in [0.25, 0.3) is 0 Å². The number of hydrogen-bond donors (Lipinski definition) is 1. The summed E-state index contributed by atoms with van der Waals surface area (Å²) in [6.07, 6.45) is 9.93. The summed E-state index contributed by atoms with van der Waals surface area (Å²) in [5.74, 6) is 3.59. The van der Waals surface area contributed by atoms with Gasteiger partial charge in [0, 0.05) is 18.6 Å². The summed E-state index contributed by atoms with van der Waals surface area (Å²) in [4.78, 5) is 2.70. The maximum atomic E-state index is 3.61. The molecule has 4 unspecified atom stereocenters. The molecule has 4 atom stereocenters. The van der Waals surface area contributed by atoms with Crippen LogP contribution in [0.2, 0.25) is 0 Å². The molecule has 0 amide bonds. The quantitative estimate of drug-likeness (QED) is 0.819. The number of nitrogens with one attached hydrogen (secondary N) is 1. The Bertz CT molecular complexity index is 296. The highest BCUT2D eigenvalue weighted by Gasteiger charge is 2.35. The zero-order valence-electron chi connectivity index (χ0n) is 15.1. The molecule has 2 aliphatic carbocycles. The first kappa shape index (κ1) is 17.3. The Morgan fingerprint density at radius 3 is 2.29 bits per heavy atom. The van der Waals surface area contributed by atoms with Crippen LogP contribution in [0, 0.1) is 23.7 Å². The van der Waals surface area contributed by atoms with Gasteiger partial charge in [-0.2, -0.15) is 0 Å². The Balaban J connectivity index is 1.87. The van der Waals surface area contributed by atoms with Gasteiger partial charge in [-0.05, 0) is 76.3 Å². The summed E-state index contributed by atoms with van der Waals surface area (Å²) >= 11 is 0. The largest absolute Gasteiger partial charge is 0.317 e. The average Bonchev–Trinajstić information content (AvgIpc) is 2.49. The van der Waals surface area contributed by atoms with E-state index in [-0.39, 0.29) is 0 Å². The maximum Gasteiger partial charge on any atom is 0.0110 e. The average molecular weight is 295 g/mol. The molecular weight excluding hydrogens is 256 g/mol. The van der Waals surface area contributed by atoms with Gasteiger partial charge >= 0.3 is 0 Å². The zero-order valence-corrected chi connectivity index (χ0v) is 15.1. The van der Waals surface area contributed by atoms with Gasteiger partial charge in [-0.15, -0.1) is 0 Å². The van der Waals surface area contributed by atoms with Crippen molar-refractivity contribution in [1.82, 2.24) is 10.2 Å². The highest BCUT2D eigenvalue weighted by molar-refractivity contribution is 4.90. The number of rotatable bonds is 5. The smallest absolute Gasteiger partial charge is 0.0110 e. The van der Waals surface area contributed by atoms with Crippen molar-refractivity contribution in [2.24, 2.45) is 23.7 Å². The molecule has 2 saturated carbocycles. The highest BCUT2D eigenvalue weighted by Crippen LogP contribution is 2.35. The summed E-state index contributed by atoms with van der Waals surface area (Å²) in [5, 5.41) is 3.61. The fraction of sp³-hybridized carbons (Fsp3) is 1.00. The number of nitrogens with zero attached hydrogens (tertiary/aromatic N) is 1. The fourth-order valence-electron chi connectivity index (χ4n) is 5.03. The van der Waals surface area contributed by atoms with Crippen molar-refractivity contribution in [2.45, 2.75) is 77.8 Å². The minimum Gasteiger partial charge on any atom is -0.317 e. The van der Waals surface area contributed by atoms with Crippen molar-refractivity contribution in [1.29, 1.82) is 0 Å². The second-order valence-electron chi connectivity index (χ2n) is 8.14. The van der Waals surface area contributed by atoms with E-state index in [0.717, 1.165) is 35.8 Å². The lowest BCUT2D eigenvalue weighted by Crippen LogP contribution is -2.49. The highest BCUT2D eigenvalue weighted by atomic mass is 15.1. The molecule has 1 N–H and O–H groups in total. The van der Waals surface area contributed by atoms with E-state index >= 15 is 0 Å². The minimum atomic E-state index is 0.721. The molecule has 0 bridgehead atoms. The van der Waals surface area contributed by atoms with E-state index in [0.29, 0.717) is 0 Å². The van der Waals surface area contributed by atoms with E-state index in [9.17, 15) is 0 Å². The Morgan fingerprint density at radius 1 is 1.05 bits per heavy atom. The Kier molecular flexibility index (Phi) is 6.55. The zero-order chi connectivity index (χ0) is 15.4. The Labute approximate surface area is 133 Å². The van der Waals surface area contributed by atoms with Crippen LogP contribution in [0.4, 0.5) is 0 Å². The SMILES string of the molecule is CCC1CCC(N(C)CC2C(C)CC(C)CC2NC)CC1. The van der Waals surface area contributed by atoms with Crippen molar-refractivity contribution < 1.29 is 0 Å². The normalized spacial score (nSPS) is 41.4. The number of hydrogen-bond acceptors (Lipinski definition) is 2. The standard InChI is InChI=1S/C19H38N2/c1-6-16-7-9-17(10-8-16)21(5)13-18-15(3)11-14(2)12-19(18)20-4/h14-20H,6-13H2,1-5H3. The minimum absolute atomic E-state index is 0.721.